The Morgan fingerprint density at radius 1 is 0.931 bits per heavy atom. The number of fused-ring (bicyclic) bond motifs is 1. The van der Waals surface area contributed by atoms with Crippen molar-refractivity contribution in [1.29, 1.82) is 0 Å². The maximum absolute atomic E-state index is 15.0. The minimum absolute atomic E-state index is 0.0119. The molecule has 2 saturated carbocycles. The van der Waals surface area contributed by atoms with Gasteiger partial charge in [0.2, 0.25) is 0 Å². The molecule has 2 aliphatic rings. The maximum Gasteiger partial charge on any atom is 0.134 e. The lowest BCUT2D eigenvalue weighted by molar-refractivity contribution is 0.152. The van der Waals surface area contributed by atoms with Crippen LogP contribution in [0.4, 0.5) is 4.39 Å². The Balaban J connectivity index is 1.29. The lowest BCUT2D eigenvalue weighted by Crippen LogP contribution is -2.25. The Hall–Kier alpha value is -1.63. The summed E-state index contributed by atoms with van der Waals surface area (Å²) in [6.45, 7) is 6.13. The molecule has 156 valence electrons. The summed E-state index contributed by atoms with van der Waals surface area (Å²) in [5.41, 5.74) is 2.19. The molecule has 0 heterocycles. The molecule has 0 bridgehead atoms. The van der Waals surface area contributed by atoms with E-state index in [9.17, 15) is 0 Å². The monoisotopic (exact) mass is 392 g/mol. The van der Waals surface area contributed by atoms with Gasteiger partial charge < -0.3 is 0 Å². The molecule has 29 heavy (non-hydrogen) atoms. The molecule has 1 heteroatoms. The van der Waals surface area contributed by atoms with Gasteiger partial charge in [0.15, 0.2) is 0 Å². The zero-order valence-corrected chi connectivity index (χ0v) is 18.1. The van der Waals surface area contributed by atoms with Gasteiger partial charge in [0.05, 0.1) is 0 Å². The maximum atomic E-state index is 15.0. The van der Waals surface area contributed by atoms with Gasteiger partial charge in [-0.15, -0.1) is 6.58 Å². The summed E-state index contributed by atoms with van der Waals surface area (Å²) in [6.07, 6.45) is 16.2. The van der Waals surface area contributed by atoms with Crippen LogP contribution in [0.15, 0.2) is 43.0 Å². The first kappa shape index (κ1) is 20.6. The molecule has 2 aromatic carbocycles. The minimum Gasteiger partial charge on any atom is -0.206 e. The molecule has 0 atom stereocenters. The van der Waals surface area contributed by atoms with E-state index in [0.717, 1.165) is 59.3 Å². The molecule has 2 aliphatic carbocycles. The fourth-order valence-corrected chi connectivity index (χ4v) is 5.96. The number of benzene rings is 2. The molecule has 0 radical (unpaired) electrons. The molecule has 2 fully saturated rings. The van der Waals surface area contributed by atoms with Gasteiger partial charge in [-0.2, -0.15) is 0 Å². The number of aryl methyl sites for hydroxylation is 2. The molecule has 0 N–H and O–H groups in total. The van der Waals surface area contributed by atoms with E-state index < -0.39 is 0 Å². The summed E-state index contributed by atoms with van der Waals surface area (Å²) in [7, 11) is 0. The van der Waals surface area contributed by atoms with Crippen LogP contribution in [0, 0.1) is 29.5 Å². The molecule has 2 aromatic rings. The zero-order valence-electron chi connectivity index (χ0n) is 18.1. The molecule has 0 amide bonds. The Labute approximate surface area is 176 Å². The van der Waals surface area contributed by atoms with Crippen LogP contribution in [-0.4, -0.2) is 0 Å². The van der Waals surface area contributed by atoms with Gasteiger partial charge >= 0.3 is 0 Å². The van der Waals surface area contributed by atoms with Gasteiger partial charge in [-0.25, -0.2) is 4.39 Å². The van der Waals surface area contributed by atoms with Gasteiger partial charge in [-0.05, 0) is 98.0 Å². The van der Waals surface area contributed by atoms with E-state index in [1.807, 2.05) is 12.1 Å². The Morgan fingerprint density at radius 2 is 1.62 bits per heavy atom. The van der Waals surface area contributed by atoms with Crippen LogP contribution in [0.3, 0.4) is 0 Å². The van der Waals surface area contributed by atoms with Crippen molar-refractivity contribution in [2.45, 2.75) is 77.6 Å². The van der Waals surface area contributed by atoms with Crippen molar-refractivity contribution in [3.05, 3.63) is 59.9 Å². The number of halogens is 1. The largest absolute Gasteiger partial charge is 0.206 e. The van der Waals surface area contributed by atoms with Crippen LogP contribution in [0.1, 0.15) is 75.8 Å². The van der Waals surface area contributed by atoms with Crippen molar-refractivity contribution >= 4 is 10.8 Å². The minimum atomic E-state index is 0.0119. The third-order valence-electron chi connectivity index (χ3n) is 8.04. The summed E-state index contributed by atoms with van der Waals surface area (Å²) >= 11 is 0. The summed E-state index contributed by atoms with van der Waals surface area (Å²) in [5.74, 6) is 3.47. The highest BCUT2D eigenvalue weighted by Crippen LogP contribution is 2.42. The predicted octanol–water partition coefficient (Wildman–Crippen LogP) is 8.27. The summed E-state index contributed by atoms with van der Waals surface area (Å²) in [4.78, 5) is 0. The molecule has 4 rings (SSSR count). The number of hydrogen-bond donors (Lipinski definition) is 0. The van der Waals surface area contributed by atoms with E-state index in [2.05, 4.69) is 37.8 Å². The van der Waals surface area contributed by atoms with Crippen LogP contribution in [-0.2, 0) is 12.8 Å². The van der Waals surface area contributed by atoms with Crippen LogP contribution in [0.2, 0.25) is 0 Å². The number of rotatable bonds is 6. The Kier molecular flexibility index (Phi) is 6.73. The first-order valence-corrected chi connectivity index (χ1v) is 12.0. The highest BCUT2D eigenvalue weighted by Gasteiger charge is 2.30. The summed E-state index contributed by atoms with van der Waals surface area (Å²) in [5, 5.41) is 1.83. The Bertz CT molecular complexity index is 820. The second kappa shape index (κ2) is 9.45. The molecular formula is C28H37F. The van der Waals surface area contributed by atoms with E-state index in [4.69, 9.17) is 0 Å². The fourth-order valence-electron chi connectivity index (χ4n) is 5.96. The molecule has 0 aliphatic heterocycles. The van der Waals surface area contributed by atoms with E-state index in [1.54, 1.807) is 0 Å². The second-order valence-corrected chi connectivity index (χ2v) is 9.68. The van der Waals surface area contributed by atoms with Gasteiger partial charge in [0.1, 0.15) is 5.82 Å². The third kappa shape index (κ3) is 4.76. The summed E-state index contributed by atoms with van der Waals surface area (Å²) in [6, 6.07) is 10.3. The van der Waals surface area contributed by atoms with Crippen molar-refractivity contribution in [3.8, 4) is 0 Å². The quantitative estimate of drug-likeness (QED) is 0.434. The Morgan fingerprint density at radius 3 is 2.28 bits per heavy atom. The highest BCUT2D eigenvalue weighted by atomic mass is 19.1. The molecule has 0 nitrogen and oxygen atoms in total. The van der Waals surface area contributed by atoms with Crippen LogP contribution in [0.25, 0.3) is 10.8 Å². The van der Waals surface area contributed by atoms with Gasteiger partial charge in [0, 0.05) is 5.39 Å². The van der Waals surface area contributed by atoms with Crippen molar-refractivity contribution in [3.63, 3.8) is 0 Å². The second-order valence-electron chi connectivity index (χ2n) is 9.68. The average molecular weight is 393 g/mol. The van der Waals surface area contributed by atoms with E-state index in [1.165, 1.54) is 56.9 Å². The van der Waals surface area contributed by atoms with Gasteiger partial charge in [-0.3, -0.25) is 0 Å². The van der Waals surface area contributed by atoms with E-state index in [0.29, 0.717) is 0 Å². The number of allylic oxidation sites excluding steroid dienone is 1. The molecule has 0 spiro atoms. The van der Waals surface area contributed by atoms with Crippen molar-refractivity contribution in [1.82, 2.24) is 0 Å². The normalized spacial score (nSPS) is 27.8. The number of hydrogen-bond acceptors (Lipinski definition) is 0. The predicted molar refractivity (Wildman–Crippen MR) is 123 cm³/mol. The SMILES string of the molecule is C=CC1CCC(C2CCC(CCc3ccc4cc(CC)ccc4c3F)CC2)CC1. The molecule has 0 aromatic heterocycles. The lowest BCUT2D eigenvalue weighted by Gasteiger charge is -2.37. The summed E-state index contributed by atoms with van der Waals surface area (Å²) < 4.78 is 15.0. The van der Waals surface area contributed by atoms with E-state index in [-0.39, 0.29) is 5.82 Å². The molecule has 0 unspecified atom stereocenters. The van der Waals surface area contributed by atoms with Crippen LogP contribution < -0.4 is 0 Å². The molecule has 0 saturated heterocycles. The molecular weight excluding hydrogens is 355 g/mol. The first-order chi connectivity index (χ1) is 14.2. The third-order valence-corrected chi connectivity index (χ3v) is 8.04. The van der Waals surface area contributed by atoms with Crippen LogP contribution in [0.5, 0.6) is 0 Å². The van der Waals surface area contributed by atoms with Crippen LogP contribution >= 0.6 is 0 Å². The standard InChI is InChI=1S/C28H37F/c1-3-20-5-11-23(12-6-20)24-13-7-22(8-14-24)9-15-25-16-17-26-19-21(4-2)10-18-27(26)28(25)29/h3,10,16-20,22-24H,1,4-9,11-15H2,2H3. The first-order valence-electron chi connectivity index (χ1n) is 12.0. The van der Waals surface area contributed by atoms with E-state index >= 15 is 4.39 Å². The van der Waals surface area contributed by atoms with Gasteiger partial charge in [-0.1, -0.05) is 56.2 Å². The van der Waals surface area contributed by atoms with Crippen molar-refractivity contribution in [2.75, 3.05) is 0 Å². The topological polar surface area (TPSA) is 0 Å². The highest BCUT2D eigenvalue weighted by molar-refractivity contribution is 5.84. The van der Waals surface area contributed by atoms with Gasteiger partial charge in [0.25, 0.3) is 0 Å². The zero-order chi connectivity index (χ0) is 20.2. The fraction of sp³-hybridized carbons (Fsp3) is 0.571. The smallest absolute Gasteiger partial charge is 0.134 e. The van der Waals surface area contributed by atoms with Crippen molar-refractivity contribution in [2.24, 2.45) is 23.7 Å². The lowest BCUT2D eigenvalue weighted by atomic mass is 9.68. The average Bonchev–Trinajstić information content (AvgIpc) is 2.79. The van der Waals surface area contributed by atoms with Crippen molar-refractivity contribution < 1.29 is 4.39 Å².